The van der Waals surface area contributed by atoms with Crippen LogP contribution in [-0.4, -0.2) is 61.3 Å². The van der Waals surface area contributed by atoms with Crippen molar-refractivity contribution < 1.29 is 28.2 Å². The highest BCUT2D eigenvalue weighted by molar-refractivity contribution is 6.30. The molecule has 0 aliphatic carbocycles. The summed E-state index contributed by atoms with van der Waals surface area (Å²) in [5.41, 5.74) is 2.13. The number of carboxylic acids is 1. The Labute approximate surface area is 233 Å². The fourth-order valence-electron chi connectivity index (χ4n) is 4.95. The Morgan fingerprint density at radius 2 is 2.10 bits per heavy atom. The number of nitrogens with zero attached hydrogens (tertiary/aromatic N) is 4. The van der Waals surface area contributed by atoms with E-state index >= 15 is 0 Å². The third-order valence-corrected chi connectivity index (χ3v) is 7.45. The number of nitrogens with one attached hydrogen (secondary N) is 1. The van der Waals surface area contributed by atoms with Gasteiger partial charge in [-0.05, 0) is 36.6 Å². The third kappa shape index (κ3) is 5.32. The normalized spacial score (nSPS) is 17.6. The summed E-state index contributed by atoms with van der Waals surface area (Å²) < 4.78 is 42.1. The largest absolute Gasteiger partial charge is 0.476 e. The molecule has 3 aromatic heterocycles. The van der Waals surface area contributed by atoms with E-state index < -0.39 is 23.3 Å². The maximum absolute atomic E-state index is 15.0. The van der Waals surface area contributed by atoms with Crippen molar-refractivity contribution in [2.75, 3.05) is 19.7 Å². The number of H-pyrrole nitrogens is 1. The summed E-state index contributed by atoms with van der Waals surface area (Å²) >= 11 is 5.82. The molecule has 4 aromatic rings. The number of rotatable bonds is 9. The molecule has 1 saturated heterocycles. The fourth-order valence-corrected chi connectivity index (χ4v) is 5.11. The molecular weight excluding hydrogens is 544 g/mol. The van der Waals surface area contributed by atoms with Crippen LogP contribution in [0.1, 0.15) is 40.4 Å². The number of pyridine rings is 1. The van der Waals surface area contributed by atoms with E-state index in [0.717, 1.165) is 30.7 Å². The molecule has 1 aromatic carbocycles. The summed E-state index contributed by atoms with van der Waals surface area (Å²) in [7, 11) is 0. The van der Waals surface area contributed by atoms with Gasteiger partial charge >= 0.3 is 5.97 Å². The second-order valence-electron chi connectivity index (χ2n) is 9.84. The van der Waals surface area contributed by atoms with Gasteiger partial charge in [0.25, 0.3) is 0 Å². The summed E-state index contributed by atoms with van der Waals surface area (Å²) in [6.07, 6.45) is 3.62. The van der Waals surface area contributed by atoms with Crippen LogP contribution >= 0.6 is 11.6 Å². The minimum Gasteiger partial charge on any atom is -0.476 e. The lowest BCUT2D eigenvalue weighted by Gasteiger charge is -2.29. The molecule has 40 heavy (non-hydrogen) atoms. The highest BCUT2D eigenvalue weighted by atomic mass is 35.5. The molecule has 2 aliphatic heterocycles. The van der Waals surface area contributed by atoms with Crippen molar-refractivity contribution in [3.63, 3.8) is 0 Å². The van der Waals surface area contributed by atoms with Gasteiger partial charge < -0.3 is 24.1 Å². The second-order valence-corrected chi connectivity index (χ2v) is 10.3. The van der Waals surface area contributed by atoms with Crippen LogP contribution in [0.25, 0.3) is 16.7 Å². The molecule has 0 bridgehead atoms. The van der Waals surface area contributed by atoms with Crippen molar-refractivity contribution in [2.45, 2.75) is 38.6 Å². The molecule has 12 heteroatoms. The summed E-state index contributed by atoms with van der Waals surface area (Å²) in [6.45, 7) is 2.91. The number of benzene rings is 1. The predicted molar refractivity (Wildman–Crippen MR) is 143 cm³/mol. The smallest absolute Gasteiger partial charge is 0.355 e. The van der Waals surface area contributed by atoms with E-state index in [9.17, 15) is 18.7 Å². The van der Waals surface area contributed by atoms with E-state index in [-0.39, 0.29) is 23.9 Å². The van der Waals surface area contributed by atoms with Gasteiger partial charge in [-0.1, -0.05) is 29.8 Å². The summed E-state index contributed by atoms with van der Waals surface area (Å²) in [6, 6.07) is 9.95. The van der Waals surface area contributed by atoms with Crippen molar-refractivity contribution in [1.29, 1.82) is 0 Å². The number of aromatic carboxylic acids is 1. The Kier molecular flexibility index (Phi) is 7.26. The zero-order valence-electron chi connectivity index (χ0n) is 21.4. The van der Waals surface area contributed by atoms with E-state index in [1.165, 1.54) is 6.07 Å². The van der Waals surface area contributed by atoms with Crippen LogP contribution in [0.3, 0.4) is 0 Å². The van der Waals surface area contributed by atoms with Crippen LogP contribution in [0.2, 0.25) is 5.02 Å². The number of aromatic amines is 1. The number of halogens is 3. The minimum absolute atomic E-state index is 0.0351. The molecular formula is C28H26ClF2N5O4. The Morgan fingerprint density at radius 3 is 2.80 bits per heavy atom. The molecule has 208 valence electrons. The molecule has 2 N–H and O–H groups in total. The second kappa shape index (κ2) is 11.0. The summed E-state index contributed by atoms with van der Waals surface area (Å²) in [5.74, 6) is -1.56. The number of aromatic nitrogens is 4. The van der Waals surface area contributed by atoms with Crippen LogP contribution in [0.15, 0.2) is 42.5 Å². The number of carbonyl (C=O) groups is 1. The molecule has 0 radical (unpaired) electrons. The molecule has 0 spiro atoms. The summed E-state index contributed by atoms with van der Waals surface area (Å²) in [4.78, 5) is 25.3. The molecule has 5 heterocycles. The Bertz CT molecular complexity index is 1610. The number of imidazole rings is 1. The van der Waals surface area contributed by atoms with Gasteiger partial charge in [0.15, 0.2) is 17.2 Å². The third-order valence-electron chi connectivity index (χ3n) is 7.21. The first-order valence-electron chi connectivity index (χ1n) is 12.9. The van der Waals surface area contributed by atoms with E-state index in [0.29, 0.717) is 48.5 Å². The van der Waals surface area contributed by atoms with E-state index in [1.807, 2.05) is 12.1 Å². The number of ether oxygens (including phenoxy) is 2. The molecule has 0 saturated carbocycles. The molecule has 1 atom stereocenters. The van der Waals surface area contributed by atoms with Gasteiger partial charge in [0.2, 0.25) is 5.88 Å². The molecule has 1 fully saturated rings. The fraction of sp³-hybridized carbons (Fsp3) is 0.321. The lowest BCUT2D eigenvalue weighted by Crippen LogP contribution is -2.34. The lowest BCUT2D eigenvalue weighted by molar-refractivity contribution is -0.0592. The van der Waals surface area contributed by atoms with E-state index in [4.69, 9.17) is 21.1 Å². The maximum atomic E-state index is 15.0. The Balaban J connectivity index is 1.15. The first-order chi connectivity index (χ1) is 19.4. The van der Waals surface area contributed by atoms with Crippen molar-refractivity contribution in [3.8, 4) is 5.88 Å². The average Bonchev–Trinajstić information content (AvgIpc) is 3.42. The maximum Gasteiger partial charge on any atom is 0.355 e. The highest BCUT2D eigenvalue weighted by Crippen LogP contribution is 2.28. The van der Waals surface area contributed by atoms with E-state index in [2.05, 4.69) is 25.9 Å². The predicted octanol–water partition coefficient (Wildman–Crippen LogP) is 5.05. The molecule has 2 aliphatic rings. The standard InChI is InChI=1S/C28H26ClF2N5O4/c29-18-5-4-17(20(30)12-18)15-40-23-3-1-2-21(32-23)16-6-9-35(10-7-16)14-22-33-27-26(24(31)25(34-27)28(37)38)36(22)13-19-8-11-39-19/h1-6,12,19,34H,7-11,13-15H2,(H,37,38). The zero-order chi connectivity index (χ0) is 27.8. The molecule has 1 unspecified atom stereocenters. The van der Waals surface area contributed by atoms with Gasteiger partial charge in [-0.2, -0.15) is 0 Å². The monoisotopic (exact) mass is 569 g/mol. The van der Waals surface area contributed by atoms with Crippen molar-refractivity contribution in [2.24, 2.45) is 0 Å². The van der Waals surface area contributed by atoms with Crippen LogP contribution in [0.4, 0.5) is 8.78 Å². The van der Waals surface area contributed by atoms with Gasteiger partial charge in [-0.25, -0.2) is 23.5 Å². The quantitative estimate of drug-likeness (QED) is 0.291. The van der Waals surface area contributed by atoms with Crippen LogP contribution < -0.4 is 4.74 Å². The van der Waals surface area contributed by atoms with Gasteiger partial charge in [-0.15, -0.1) is 0 Å². The van der Waals surface area contributed by atoms with Gasteiger partial charge in [0, 0.05) is 36.3 Å². The number of fused-ring (bicyclic) bond motifs is 1. The van der Waals surface area contributed by atoms with Gasteiger partial charge in [0.1, 0.15) is 23.8 Å². The Hall–Kier alpha value is -3.80. The van der Waals surface area contributed by atoms with Gasteiger partial charge in [0.05, 0.1) is 24.9 Å². The first-order valence-corrected chi connectivity index (χ1v) is 13.3. The van der Waals surface area contributed by atoms with Gasteiger partial charge in [-0.3, -0.25) is 4.90 Å². The van der Waals surface area contributed by atoms with Crippen molar-refractivity contribution in [3.05, 3.63) is 81.9 Å². The summed E-state index contributed by atoms with van der Waals surface area (Å²) in [5, 5.41) is 9.63. The molecule has 9 nitrogen and oxygen atoms in total. The average molecular weight is 570 g/mol. The zero-order valence-corrected chi connectivity index (χ0v) is 22.1. The van der Waals surface area contributed by atoms with Crippen LogP contribution in [-0.2, 0) is 24.4 Å². The topological polar surface area (TPSA) is 105 Å². The number of carboxylic acid groups (broad SMARTS) is 1. The molecule has 6 rings (SSSR count). The lowest BCUT2D eigenvalue weighted by atomic mass is 10.0. The Morgan fingerprint density at radius 1 is 1.25 bits per heavy atom. The minimum atomic E-state index is -1.36. The number of hydrogen-bond acceptors (Lipinski definition) is 6. The first kappa shape index (κ1) is 26.4. The van der Waals surface area contributed by atoms with Crippen molar-refractivity contribution >= 4 is 34.3 Å². The SMILES string of the molecule is O=C(O)c1[nH]c2nc(CN3CC=C(c4cccc(OCc5ccc(Cl)cc5F)n4)CC3)n(CC3CCO3)c2c1F. The van der Waals surface area contributed by atoms with Crippen LogP contribution in [0.5, 0.6) is 5.88 Å². The highest BCUT2D eigenvalue weighted by Gasteiger charge is 2.28. The van der Waals surface area contributed by atoms with Crippen molar-refractivity contribution in [1.82, 2.24) is 24.4 Å². The number of hydrogen-bond donors (Lipinski definition) is 2. The van der Waals surface area contributed by atoms with Crippen LogP contribution in [0, 0.1) is 11.6 Å². The van der Waals surface area contributed by atoms with E-state index in [1.54, 1.807) is 22.8 Å². The molecule has 0 amide bonds.